The normalized spacial score (nSPS) is 17.6. The van der Waals surface area contributed by atoms with E-state index in [2.05, 4.69) is 20.3 Å². The fourth-order valence-corrected chi connectivity index (χ4v) is 2.96. The summed E-state index contributed by atoms with van der Waals surface area (Å²) in [6.07, 6.45) is 4.70. The molecule has 0 aliphatic carbocycles. The van der Waals surface area contributed by atoms with Crippen LogP contribution in [0.5, 0.6) is 0 Å². The number of carbonyl (C=O) groups is 1. The summed E-state index contributed by atoms with van der Waals surface area (Å²) in [4.78, 5) is 18.4. The van der Waals surface area contributed by atoms with Gasteiger partial charge in [0.1, 0.15) is 24.5 Å². The van der Waals surface area contributed by atoms with Crippen molar-refractivity contribution >= 4 is 5.91 Å². The number of nitrogens with one attached hydrogen (secondary N) is 1. The van der Waals surface area contributed by atoms with Gasteiger partial charge in [-0.2, -0.15) is 5.10 Å². The summed E-state index contributed by atoms with van der Waals surface area (Å²) in [6, 6.07) is 6.66. The summed E-state index contributed by atoms with van der Waals surface area (Å²) in [5.41, 5.74) is 0.722. The van der Waals surface area contributed by atoms with Crippen LogP contribution in [-0.4, -0.2) is 44.7 Å². The van der Waals surface area contributed by atoms with Crippen molar-refractivity contribution in [1.29, 1.82) is 0 Å². The molecule has 1 atom stereocenters. The lowest BCUT2D eigenvalue weighted by Gasteiger charge is -2.32. The second-order valence-electron chi connectivity index (χ2n) is 6.20. The average Bonchev–Trinajstić information content (AvgIpc) is 3.12. The molecule has 2 aromatic rings. The summed E-state index contributed by atoms with van der Waals surface area (Å²) < 4.78 is 15.3. The van der Waals surface area contributed by atoms with Gasteiger partial charge in [-0.1, -0.05) is 18.2 Å². The van der Waals surface area contributed by atoms with Crippen LogP contribution in [0.15, 0.2) is 36.9 Å². The van der Waals surface area contributed by atoms with Gasteiger partial charge in [0, 0.05) is 31.2 Å². The number of hydrogen-bond donors (Lipinski definition) is 1. The number of aromatic nitrogens is 3. The molecule has 1 aromatic heterocycles. The number of rotatable bonds is 5. The number of hydrogen-bond acceptors (Lipinski definition) is 4. The van der Waals surface area contributed by atoms with Crippen LogP contribution in [0.2, 0.25) is 0 Å². The quantitative estimate of drug-likeness (QED) is 0.907. The molecule has 6 nitrogen and oxygen atoms in total. The lowest BCUT2D eigenvalue weighted by Crippen LogP contribution is -2.46. The molecule has 1 saturated heterocycles. The fourth-order valence-electron chi connectivity index (χ4n) is 2.96. The molecule has 0 bridgehead atoms. The SMILES string of the molecule is CC(C(=O)NC1CCN(Cc2ccccc2F)CC1)n1cncn1. The predicted molar refractivity (Wildman–Crippen MR) is 87.6 cm³/mol. The zero-order chi connectivity index (χ0) is 16.9. The number of nitrogens with zero attached hydrogens (tertiary/aromatic N) is 4. The van der Waals surface area contributed by atoms with E-state index in [1.54, 1.807) is 24.0 Å². The molecule has 1 aliphatic heterocycles. The van der Waals surface area contributed by atoms with Gasteiger partial charge in [-0.15, -0.1) is 0 Å². The van der Waals surface area contributed by atoms with Crippen molar-refractivity contribution in [2.24, 2.45) is 0 Å². The van der Waals surface area contributed by atoms with Crippen LogP contribution >= 0.6 is 0 Å². The maximum atomic E-state index is 13.7. The number of likely N-dealkylation sites (tertiary alicyclic amines) is 1. The predicted octanol–water partition coefficient (Wildman–Crippen LogP) is 1.76. The van der Waals surface area contributed by atoms with Gasteiger partial charge in [0.25, 0.3) is 0 Å². The van der Waals surface area contributed by atoms with Crippen molar-refractivity contribution in [2.45, 2.75) is 38.4 Å². The monoisotopic (exact) mass is 331 g/mol. The highest BCUT2D eigenvalue weighted by atomic mass is 19.1. The molecule has 0 saturated carbocycles. The van der Waals surface area contributed by atoms with E-state index < -0.39 is 0 Å². The number of piperidine rings is 1. The highest BCUT2D eigenvalue weighted by Crippen LogP contribution is 2.16. The Morgan fingerprint density at radius 2 is 2.12 bits per heavy atom. The Bertz CT molecular complexity index is 667. The van der Waals surface area contributed by atoms with Gasteiger partial charge in [0.2, 0.25) is 5.91 Å². The molecule has 1 N–H and O–H groups in total. The Kier molecular flexibility index (Phi) is 5.20. The van der Waals surface area contributed by atoms with Gasteiger partial charge in [-0.05, 0) is 25.8 Å². The molecule has 2 heterocycles. The highest BCUT2D eigenvalue weighted by molar-refractivity contribution is 5.80. The summed E-state index contributed by atoms with van der Waals surface area (Å²) in [5, 5.41) is 7.07. The molecule has 1 fully saturated rings. The number of halogens is 1. The van der Waals surface area contributed by atoms with Gasteiger partial charge in [-0.3, -0.25) is 9.69 Å². The van der Waals surface area contributed by atoms with E-state index in [1.807, 2.05) is 12.1 Å². The summed E-state index contributed by atoms with van der Waals surface area (Å²) in [6.45, 7) is 4.11. The second-order valence-corrected chi connectivity index (χ2v) is 6.20. The van der Waals surface area contributed by atoms with Crippen molar-refractivity contribution in [3.63, 3.8) is 0 Å². The summed E-state index contributed by atoms with van der Waals surface area (Å²) >= 11 is 0. The van der Waals surface area contributed by atoms with E-state index in [0.29, 0.717) is 6.54 Å². The Hall–Kier alpha value is -2.28. The Labute approximate surface area is 140 Å². The lowest BCUT2D eigenvalue weighted by atomic mass is 10.0. The van der Waals surface area contributed by atoms with E-state index in [4.69, 9.17) is 0 Å². The first kappa shape index (κ1) is 16.6. The van der Waals surface area contributed by atoms with E-state index in [9.17, 15) is 9.18 Å². The fraction of sp³-hybridized carbons (Fsp3) is 0.471. The molecule has 24 heavy (non-hydrogen) atoms. The first-order valence-corrected chi connectivity index (χ1v) is 8.23. The maximum absolute atomic E-state index is 13.7. The molecular weight excluding hydrogens is 309 g/mol. The van der Waals surface area contributed by atoms with E-state index in [1.165, 1.54) is 12.4 Å². The molecule has 3 rings (SSSR count). The van der Waals surface area contributed by atoms with Gasteiger partial charge < -0.3 is 5.32 Å². The minimum Gasteiger partial charge on any atom is -0.351 e. The summed E-state index contributed by atoms with van der Waals surface area (Å²) in [7, 11) is 0. The first-order chi connectivity index (χ1) is 11.6. The number of carbonyl (C=O) groups excluding carboxylic acids is 1. The molecule has 1 unspecified atom stereocenters. The van der Waals surface area contributed by atoms with Crippen LogP contribution in [0.3, 0.4) is 0 Å². The van der Waals surface area contributed by atoms with Gasteiger partial charge >= 0.3 is 0 Å². The molecule has 0 spiro atoms. The molecule has 1 aliphatic rings. The van der Waals surface area contributed by atoms with Gasteiger partial charge in [0.05, 0.1) is 0 Å². The Morgan fingerprint density at radius 1 is 1.38 bits per heavy atom. The Balaban J connectivity index is 1.47. The van der Waals surface area contributed by atoms with E-state index in [0.717, 1.165) is 31.5 Å². The third-order valence-corrected chi connectivity index (χ3v) is 4.50. The molecule has 1 aromatic carbocycles. The average molecular weight is 331 g/mol. The lowest BCUT2D eigenvalue weighted by molar-refractivity contribution is -0.125. The maximum Gasteiger partial charge on any atom is 0.244 e. The van der Waals surface area contributed by atoms with Crippen molar-refractivity contribution in [2.75, 3.05) is 13.1 Å². The number of amides is 1. The largest absolute Gasteiger partial charge is 0.351 e. The minimum atomic E-state index is -0.371. The van der Waals surface area contributed by atoms with Crippen LogP contribution in [0.25, 0.3) is 0 Å². The zero-order valence-electron chi connectivity index (χ0n) is 13.7. The van der Waals surface area contributed by atoms with Crippen LogP contribution in [-0.2, 0) is 11.3 Å². The standard InChI is InChI=1S/C17H22FN5O/c1-13(23-12-19-11-20-23)17(24)21-15-6-8-22(9-7-15)10-14-4-2-3-5-16(14)18/h2-5,11-13,15H,6-10H2,1H3,(H,21,24). The molecular formula is C17H22FN5O. The third kappa shape index (κ3) is 3.97. The van der Waals surface area contributed by atoms with E-state index >= 15 is 0 Å². The van der Waals surface area contributed by atoms with Crippen molar-refractivity contribution in [3.8, 4) is 0 Å². The van der Waals surface area contributed by atoms with Crippen molar-refractivity contribution < 1.29 is 9.18 Å². The van der Waals surface area contributed by atoms with Crippen LogP contribution < -0.4 is 5.32 Å². The van der Waals surface area contributed by atoms with Gasteiger partial charge in [0.15, 0.2) is 0 Å². The zero-order valence-corrected chi connectivity index (χ0v) is 13.7. The topological polar surface area (TPSA) is 63.1 Å². The smallest absolute Gasteiger partial charge is 0.244 e. The molecule has 0 radical (unpaired) electrons. The molecule has 128 valence electrons. The second kappa shape index (κ2) is 7.53. The van der Waals surface area contributed by atoms with Crippen molar-refractivity contribution in [1.82, 2.24) is 25.0 Å². The third-order valence-electron chi connectivity index (χ3n) is 4.50. The van der Waals surface area contributed by atoms with Gasteiger partial charge in [-0.25, -0.2) is 14.1 Å². The minimum absolute atomic E-state index is 0.0481. The highest BCUT2D eigenvalue weighted by Gasteiger charge is 2.24. The first-order valence-electron chi connectivity index (χ1n) is 8.23. The van der Waals surface area contributed by atoms with Crippen molar-refractivity contribution in [3.05, 3.63) is 48.3 Å². The summed E-state index contributed by atoms with van der Waals surface area (Å²) in [5.74, 6) is -0.206. The molecule has 7 heteroatoms. The van der Waals surface area contributed by atoms with Crippen LogP contribution in [0.1, 0.15) is 31.4 Å². The van der Waals surface area contributed by atoms with Crippen LogP contribution in [0.4, 0.5) is 4.39 Å². The number of benzene rings is 1. The van der Waals surface area contributed by atoms with Crippen LogP contribution in [0, 0.1) is 5.82 Å². The molecule has 1 amide bonds. The Morgan fingerprint density at radius 3 is 2.79 bits per heavy atom. The van der Waals surface area contributed by atoms with E-state index in [-0.39, 0.29) is 23.8 Å².